The van der Waals surface area contributed by atoms with E-state index < -0.39 is 18.0 Å². The molecule has 142 valence electrons. The third-order valence-corrected chi connectivity index (χ3v) is 3.83. The highest BCUT2D eigenvalue weighted by Crippen LogP contribution is 2.29. The highest BCUT2D eigenvalue weighted by atomic mass is 19.4. The van der Waals surface area contributed by atoms with E-state index in [1.54, 1.807) is 42.1 Å². The van der Waals surface area contributed by atoms with Gasteiger partial charge < -0.3 is 9.26 Å². The third-order valence-electron chi connectivity index (χ3n) is 3.83. The van der Waals surface area contributed by atoms with Crippen LogP contribution in [-0.2, 0) is 10.9 Å². The summed E-state index contributed by atoms with van der Waals surface area (Å²) in [4.78, 5) is 15.1. The molecule has 1 atom stereocenters. The Morgan fingerprint density at radius 3 is 2.59 bits per heavy atom. The van der Waals surface area contributed by atoms with Crippen LogP contribution >= 0.6 is 0 Å². The lowest BCUT2D eigenvalue weighted by molar-refractivity contribution is -0.159. The minimum absolute atomic E-state index is 0.148. The number of ether oxygens (including phenoxy) is 1. The van der Waals surface area contributed by atoms with Gasteiger partial charge in [0.15, 0.2) is 0 Å². The Balaban J connectivity index is 1.77. The molecule has 3 aromatic rings. The lowest BCUT2D eigenvalue weighted by atomic mass is 10.1. The molecule has 0 saturated carbocycles. The number of carbonyl (C=O) groups is 1. The summed E-state index contributed by atoms with van der Waals surface area (Å²) in [5.41, 5.74) is 1.56. The lowest BCUT2D eigenvalue weighted by Gasteiger charge is -2.12. The molecule has 0 bridgehead atoms. The van der Waals surface area contributed by atoms with E-state index in [1.807, 2.05) is 6.92 Å². The molecule has 0 fully saturated rings. The Bertz CT molecular complexity index is 932. The summed E-state index contributed by atoms with van der Waals surface area (Å²) < 4.78 is 48.4. The fourth-order valence-corrected chi connectivity index (χ4v) is 2.39. The van der Waals surface area contributed by atoms with Crippen LogP contribution in [-0.4, -0.2) is 32.5 Å². The molecule has 0 spiro atoms. The van der Waals surface area contributed by atoms with Crippen molar-refractivity contribution in [1.29, 1.82) is 0 Å². The zero-order valence-electron chi connectivity index (χ0n) is 14.4. The molecule has 0 aliphatic heterocycles. The Morgan fingerprint density at radius 1 is 1.30 bits per heavy atom. The first-order chi connectivity index (χ1) is 12.8. The van der Waals surface area contributed by atoms with E-state index in [9.17, 15) is 18.0 Å². The van der Waals surface area contributed by atoms with Crippen molar-refractivity contribution >= 4 is 5.97 Å². The highest BCUT2D eigenvalue weighted by Gasteiger charge is 2.38. The van der Waals surface area contributed by atoms with Crippen molar-refractivity contribution in [3.8, 4) is 11.4 Å². The molecule has 0 N–H and O–H groups in total. The van der Waals surface area contributed by atoms with E-state index in [4.69, 9.17) is 4.74 Å². The minimum atomic E-state index is -4.68. The van der Waals surface area contributed by atoms with Gasteiger partial charge in [-0.3, -0.25) is 4.68 Å². The average Bonchev–Trinajstić information content (AvgIpc) is 3.31. The van der Waals surface area contributed by atoms with E-state index in [0.29, 0.717) is 11.1 Å². The first-order valence-corrected chi connectivity index (χ1v) is 8.02. The van der Waals surface area contributed by atoms with Crippen molar-refractivity contribution in [2.45, 2.75) is 26.1 Å². The van der Waals surface area contributed by atoms with Gasteiger partial charge in [0.2, 0.25) is 5.82 Å². The molecule has 0 amide bonds. The fraction of sp³-hybridized carbons (Fsp3) is 0.294. The summed E-state index contributed by atoms with van der Waals surface area (Å²) in [5, 5.41) is 7.51. The molecule has 0 saturated heterocycles. The first-order valence-electron chi connectivity index (χ1n) is 8.02. The molecular weight excluding hydrogens is 365 g/mol. The van der Waals surface area contributed by atoms with Gasteiger partial charge in [0.25, 0.3) is 0 Å². The second-order valence-corrected chi connectivity index (χ2v) is 5.65. The van der Waals surface area contributed by atoms with E-state index in [0.717, 1.165) is 5.56 Å². The van der Waals surface area contributed by atoms with E-state index in [-0.39, 0.29) is 18.5 Å². The molecule has 7 nitrogen and oxygen atoms in total. The number of carbonyl (C=O) groups excluding carboxylic acids is 1. The van der Waals surface area contributed by atoms with Gasteiger partial charge in [0.05, 0.1) is 24.4 Å². The smallest absolute Gasteiger partial charge is 0.462 e. The molecular formula is C17H15F3N4O3. The minimum Gasteiger partial charge on any atom is -0.462 e. The Kier molecular flexibility index (Phi) is 4.98. The van der Waals surface area contributed by atoms with Crippen LogP contribution in [0.2, 0.25) is 0 Å². The fourth-order valence-electron chi connectivity index (χ4n) is 2.39. The second-order valence-electron chi connectivity index (χ2n) is 5.65. The van der Waals surface area contributed by atoms with Crippen molar-refractivity contribution in [2.75, 3.05) is 6.61 Å². The summed E-state index contributed by atoms with van der Waals surface area (Å²) in [6.07, 6.45) is -1.69. The summed E-state index contributed by atoms with van der Waals surface area (Å²) >= 11 is 0. The Hall–Kier alpha value is -3.17. The van der Waals surface area contributed by atoms with Gasteiger partial charge in [0.1, 0.15) is 0 Å². The van der Waals surface area contributed by atoms with Crippen LogP contribution in [0.25, 0.3) is 11.4 Å². The highest BCUT2D eigenvalue weighted by molar-refractivity contribution is 5.88. The molecule has 2 heterocycles. The number of aromatic nitrogens is 4. The standard InChI is InChI=1S/C17H15F3N4O3/c1-3-26-15(25)13-8-21-24(9-13)10(2)11-4-6-12(7-5-11)14-22-16(27-23-14)17(18,19)20/h4-10H,3H2,1-2H3/t10-/m0/s1. The number of halogens is 3. The van der Waals surface area contributed by atoms with E-state index in [1.165, 1.54) is 6.20 Å². The number of rotatable bonds is 5. The van der Waals surface area contributed by atoms with E-state index >= 15 is 0 Å². The van der Waals surface area contributed by atoms with Gasteiger partial charge in [-0.2, -0.15) is 23.3 Å². The maximum Gasteiger partial charge on any atom is 0.471 e. The molecule has 0 aliphatic rings. The van der Waals surface area contributed by atoms with Crippen molar-refractivity contribution in [3.63, 3.8) is 0 Å². The molecule has 3 rings (SSSR count). The normalized spacial score (nSPS) is 12.8. The van der Waals surface area contributed by atoms with Gasteiger partial charge in [-0.25, -0.2) is 4.79 Å². The molecule has 27 heavy (non-hydrogen) atoms. The first kappa shape index (κ1) is 18.6. The van der Waals surface area contributed by atoms with Crippen LogP contribution in [0.15, 0.2) is 41.2 Å². The zero-order chi connectivity index (χ0) is 19.6. The van der Waals surface area contributed by atoms with Crippen LogP contribution < -0.4 is 0 Å². The van der Waals surface area contributed by atoms with Crippen LogP contribution in [0.1, 0.15) is 41.7 Å². The molecule has 10 heteroatoms. The quantitative estimate of drug-likeness (QED) is 0.627. The molecule has 0 aliphatic carbocycles. The van der Waals surface area contributed by atoms with Crippen LogP contribution in [0, 0.1) is 0 Å². The Labute approximate surface area is 151 Å². The molecule has 0 radical (unpaired) electrons. The lowest BCUT2D eigenvalue weighted by Crippen LogP contribution is -2.08. The third kappa shape index (κ3) is 3.99. The predicted octanol–water partition coefficient (Wildman–Crippen LogP) is 3.74. The summed E-state index contributed by atoms with van der Waals surface area (Å²) in [6.45, 7) is 3.86. The number of hydrogen-bond acceptors (Lipinski definition) is 6. The molecule has 0 unspecified atom stereocenters. The largest absolute Gasteiger partial charge is 0.471 e. The Morgan fingerprint density at radius 2 is 2.00 bits per heavy atom. The topological polar surface area (TPSA) is 83.0 Å². The average molecular weight is 380 g/mol. The second kappa shape index (κ2) is 7.22. The van der Waals surface area contributed by atoms with Gasteiger partial charge in [0, 0.05) is 11.8 Å². The summed E-state index contributed by atoms with van der Waals surface area (Å²) in [5.74, 6) is -1.99. The number of nitrogens with zero attached hydrogens (tertiary/aromatic N) is 4. The van der Waals surface area contributed by atoms with Crippen molar-refractivity contribution < 1.29 is 27.2 Å². The number of esters is 1. The van der Waals surface area contributed by atoms with Crippen molar-refractivity contribution in [1.82, 2.24) is 19.9 Å². The number of hydrogen-bond donors (Lipinski definition) is 0. The molecule has 2 aromatic heterocycles. The summed E-state index contributed by atoms with van der Waals surface area (Å²) in [6, 6.07) is 6.40. The maximum atomic E-state index is 12.5. The van der Waals surface area contributed by atoms with E-state index in [2.05, 4.69) is 19.8 Å². The van der Waals surface area contributed by atoms with Crippen LogP contribution in [0.4, 0.5) is 13.2 Å². The van der Waals surface area contributed by atoms with Gasteiger partial charge in [-0.1, -0.05) is 29.4 Å². The zero-order valence-corrected chi connectivity index (χ0v) is 14.4. The van der Waals surface area contributed by atoms with Gasteiger partial charge in [-0.15, -0.1) is 0 Å². The van der Waals surface area contributed by atoms with Crippen LogP contribution in [0.3, 0.4) is 0 Å². The summed E-state index contributed by atoms with van der Waals surface area (Å²) in [7, 11) is 0. The monoisotopic (exact) mass is 380 g/mol. The van der Waals surface area contributed by atoms with Gasteiger partial charge >= 0.3 is 18.0 Å². The molecule has 1 aromatic carbocycles. The number of benzene rings is 1. The van der Waals surface area contributed by atoms with Gasteiger partial charge in [-0.05, 0) is 19.4 Å². The number of alkyl halides is 3. The SMILES string of the molecule is CCOC(=O)c1cnn([C@@H](C)c2ccc(-c3noc(C(F)(F)F)n3)cc2)c1. The predicted molar refractivity (Wildman–Crippen MR) is 86.7 cm³/mol. The van der Waals surface area contributed by atoms with Crippen molar-refractivity contribution in [3.05, 3.63) is 53.7 Å². The maximum absolute atomic E-state index is 12.5. The van der Waals surface area contributed by atoms with Crippen LogP contribution in [0.5, 0.6) is 0 Å². The van der Waals surface area contributed by atoms with Crippen molar-refractivity contribution in [2.24, 2.45) is 0 Å².